The highest BCUT2D eigenvalue weighted by atomic mass is 31.3. The Kier molecular flexibility index (Phi) is 10.2. The van der Waals surface area contributed by atoms with Crippen molar-refractivity contribution in [3.05, 3.63) is 29.3 Å². The first-order valence-corrected chi connectivity index (χ1v) is 19.4. The van der Waals surface area contributed by atoms with Gasteiger partial charge in [0.2, 0.25) is 5.95 Å². The molecule has 2 aliphatic rings. The van der Waals surface area contributed by atoms with Crippen molar-refractivity contribution in [1.29, 1.82) is 0 Å². The maximum Gasteiger partial charge on any atom is 0.479 e. The molecule has 0 bridgehead atoms. The van der Waals surface area contributed by atoms with Crippen LogP contribution < -0.4 is 17.0 Å². The lowest BCUT2D eigenvalue weighted by Crippen LogP contribution is -2.38. The molecule has 2 aliphatic heterocycles. The summed E-state index contributed by atoms with van der Waals surface area (Å²) in [4.78, 5) is 64.6. The molecule has 4 aromatic rings. The summed E-state index contributed by atoms with van der Waals surface area (Å²) >= 11 is 0. The molecule has 0 aliphatic carbocycles. The standard InChI is InChI=1S/C22H31N10O16P3/c1-42-15-14(9(4-44-51(40,41)48-49(2,36)37)46-21(15)31-6-27-10-16(23)25-5-26-17(10)31)47-50(38,39)43-3-8-12(33)13(34)20(45-8)32-7-28-11-18(32)29-22(24)30-19(11)35/h5-9,12-15,20-21,33-34H,3-4H2,1-2H3,(H,36,37)(H,38,39)(H,40,41)(H2,23,25,26)(H3,24,29,30,35)/t8-,9-,12+,13?,14+,15?,20-,21-/m1/s1. The van der Waals surface area contributed by atoms with Gasteiger partial charge in [-0.1, -0.05) is 0 Å². The predicted octanol–water partition coefficient (Wildman–Crippen LogP) is -1.89. The van der Waals surface area contributed by atoms with Gasteiger partial charge in [0, 0.05) is 13.8 Å². The van der Waals surface area contributed by atoms with Gasteiger partial charge in [-0.2, -0.15) is 4.98 Å². The van der Waals surface area contributed by atoms with Gasteiger partial charge in [-0.15, -0.1) is 0 Å². The van der Waals surface area contributed by atoms with Gasteiger partial charge >= 0.3 is 23.2 Å². The minimum Gasteiger partial charge on any atom is -0.387 e. The van der Waals surface area contributed by atoms with E-state index in [1.165, 1.54) is 18.0 Å². The topological polar surface area (TPSA) is 376 Å². The number of hydrogen-bond acceptors (Lipinski definition) is 20. The highest BCUT2D eigenvalue weighted by Crippen LogP contribution is 2.58. The van der Waals surface area contributed by atoms with E-state index in [2.05, 4.69) is 34.2 Å². The smallest absolute Gasteiger partial charge is 0.387 e. The van der Waals surface area contributed by atoms with E-state index in [0.29, 0.717) is 6.66 Å². The van der Waals surface area contributed by atoms with Crippen molar-refractivity contribution in [3.63, 3.8) is 0 Å². The lowest BCUT2D eigenvalue weighted by Gasteiger charge is -2.26. The highest BCUT2D eigenvalue weighted by Gasteiger charge is 2.52. The Balaban J connectivity index is 1.21. The molecule has 0 radical (unpaired) electrons. The number of nitrogens with two attached hydrogens (primary N) is 2. The Morgan fingerprint density at radius 1 is 0.863 bits per heavy atom. The molecular formula is C22H31N10O16P3. The zero-order chi connectivity index (χ0) is 37.0. The number of rotatable bonds is 13. The van der Waals surface area contributed by atoms with Gasteiger partial charge in [0.15, 0.2) is 35.1 Å². The Morgan fingerprint density at radius 2 is 1.49 bits per heavy atom. The van der Waals surface area contributed by atoms with Crippen LogP contribution in [0, 0.1) is 0 Å². The molecule has 51 heavy (non-hydrogen) atoms. The number of methoxy groups -OCH3 is 1. The van der Waals surface area contributed by atoms with Gasteiger partial charge in [0.05, 0.1) is 25.9 Å². The van der Waals surface area contributed by atoms with Crippen LogP contribution in [0.2, 0.25) is 0 Å². The monoisotopic (exact) mass is 784 g/mol. The maximum atomic E-state index is 13.3. The summed E-state index contributed by atoms with van der Waals surface area (Å²) in [5.74, 6) is -0.250. The van der Waals surface area contributed by atoms with E-state index in [-0.39, 0.29) is 34.1 Å². The molecule has 2 saturated heterocycles. The van der Waals surface area contributed by atoms with E-state index >= 15 is 0 Å². The number of nitrogen functional groups attached to an aromatic ring is 2. The van der Waals surface area contributed by atoms with Crippen molar-refractivity contribution >= 4 is 57.3 Å². The maximum absolute atomic E-state index is 13.3. The second-order valence-corrected chi connectivity index (χ2v) is 16.0. The van der Waals surface area contributed by atoms with E-state index in [1.54, 1.807) is 0 Å². The van der Waals surface area contributed by atoms with Crippen molar-refractivity contribution in [3.8, 4) is 0 Å². The van der Waals surface area contributed by atoms with Crippen LogP contribution in [-0.2, 0) is 45.8 Å². The summed E-state index contributed by atoms with van der Waals surface area (Å²) in [6.45, 7) is -1.15. The minimum atomic E-state index is -5.22. The third-order valence-electron chi connectivity index (χ3n) is 7.59. The molecule has 26 nitrogen and oxygen atoms in total. The Hall–Kier alpha value is -3.29. The molecule has 29 heteroatoms. The normalized spacial score (nSPS) is 30.4. The number of aliphatic hydroxyl groups is 2. The van der Waals surface area contributed by atoms with Crippen molar-refractivity contribution in [1.82, 2.24) is 39.0 Å². The Bertz CT molecular complexity index is 2120. The third kappa shape index (κ3) is 7.76. The molecule has 280 valence electrons. The van der Waals surface area contributed by atoms with E-state index < -0.39 is 91.1 Å². The largest absolute Gasteiger partial charge is 0.479 e. The van der Waals surface area contributed by atoms with E-state index in [0.717, 1.165) is 17.2 Å². The van der Waals surface area contributed by atoms with Gasteiger partial charge in [0.1, 0.15) is 48.5 Å². The molecule has 0 aromatic carbocycles. The van der Waals surface area contributed by atoms with Crippen LogP contribution in [0.25, 0.3) is 22.3 Å². The average molecular weight is 784 g/mol. The molecular weight excluding hydrogens is 753 g/mol. The van der Waals surface area contributed by atoms with Gasteiger partial charge < -0.3 is 50.6 Å². The summed E-state index contributed by atoms with van der Waals surface area (Å²) in [6, 6.07) is 0. The number of H-pyrrole nitrogens is 1. The Morgan fingerprint density at radius 3 is 2.18 bits per heavy atom. The van der Waals surface area contributed by atoms with Crippen molar-refractivity contribution in [2.45, 2.75) is 49.1 Å². The number of nitrogens with one attached hydrogen (secondary N) is 1. The second-order valence-electron chi connectivity index (χ2n) is 11.2. The summed E-state index contributed by atoms with van der Waals surface area (Å²) in [7, 11) is -13.8. The number of hydrogen-bond donors (Lipinski definition) is 8. The van der Waals surface area contributed by atoms with Gasteiger partial charge in [0.25, 0.3) is 5.56 Å². The lowest BCUT2D eigenvalue weighted by atomic mass is 10.1. The molecule has 0 amide bonds. The SMILES string of the molecule is COC1[C@@H](OP(=O)(O)OC[C@H]2O[C@@H](n3cnc4c(=O)[nH]c(N)nc43)C(O)[C@H]2O)[C@@H](COP(=O)(O)OP(C)(=O)O)O[C@H]1n1cnc2c(N)ncnc21. The van der Waals surface area contributed by atoms with E-state index in [4.69, 9.17) is 39.2 Å². The molecule has 0 spiro atoms. The number of imidazole rings is 2. The summed E-state index contributed by atoms with van der Waals surface area (Å²) in [5, 5.41) is 21.4. The minimum absolute atomic E-state index is 0.0111. The van der Waals surface area contributed by atoms with Crippen molar-refractivity contribution in [2.24, 2.45) is 0 Å². The van der Waals surface area contributed by atoms with Gasteiger partial charge in [-0.3, -0.25) is 37.0 Å². The van der Waals surface area contributed by atoms with Crippen LogP contribution >= 0.6 is 23.2 Å². The number of phosphoric ester groups is 2. The molecule has 11 atom stereocenters. The summed E-state index contributed by atoms with van der Waals surface area (Å²) in [6.07, 6.45) is -8.56. The molecule has 4 aromatic heterocycles. The van der Waals surface area contributed by atoms with Crippen LogP contribution in [0.1, 0.15) is 12.5 Å². The Labute approximate surface area is 284 Å². The number of phosphoric acid groups is 2. The van der Waals surface area contributed by atoms with E-state index in [1.807, 2.05) is 0 Å². The number of aromatic amines is 1. The third-order valence-corrected chi connectivity index (χ3v) is 11.1. The zero-order valence-corrected chi connectivity index (χ0v) is 28.8. The fraction of sp³-hybridized carbons (Fsp3) is 0.545. The predicted molar refractivity (Wildman–Crippen MR) is 166 cm³/mol. The molecule has 10 N–H and O–H groups in total. The first kappa shape index (κ1) is 37.5. The fourth-order valence-electron chi connectivity index (χ4n) is 5.46. The fourth-order valence-corrected chi connectivity index (χ4v) is 8.48. The quantitative estimate of drug-likeness (QED) is 0.0687. The first-order valence-electron chi connectivity index (χ1n) is 14.4. The van der Waals surface area contributed by atoms with Crippen LogP contribution in [0.15, 0.2) is 23.8 Å². The molecule has 5 unspecified atom stereocenters. The molecule has 0 saturated carbocycles. The number of fused-ring (bicyclic) bond motifs is 2. The number of anilines is 2. The van der Waals surface area contributed by atoms with Crippen LogP contribution in [0.4, 0.5) is 11.8 Å². The van der Waals surface area contributed by atoms with Crippen LogP contribution in [-0.4, -0.2) is 128 Å². The van der Waals surface area contributed by atoms with Crippen LogP contribution in [0.5, 0.6) is 0 Å². The molecule has 6 heterocycles. The number of ether oxygens (including phenoxy) is 3. The van der Waals surface area contributed by atoms with Crippen LogP contribution in [0.3, 0.4) is 0 Å². The number of nitrogens with zero attached hydrogens (tertiary/aromatic N) is 7. The number of aliphatic hydroxyl groups excluding tert-OH is 2. The second kappa shape index (κ2) is 13.9. The summed E-state index contributed by atoms with van der Waals surface area (Å²) in [5.41, 5.74) is 10.9. The number of aromatic nitrogens is 8. The van der Waals surface area contributed by atoms with Gasteiger partial charge in [-0.05, 0) is 0 Å². The zero-order valence-electron chi connectivity index (χ0n) is 26.1. The average Bonchev–Trinajstić information content (AvgIpc) is 3.79. The lowest BCUT2D eigenvalue weighted by molar-refractivity contribution is -0.0581. The van der Waals surface area contributed by atoms with Crippen molar-refractivity contribution in [2.75, 3.05) is 38.5 Å². The molecule has 6 rings (SSSR count). The highest BCUT2D eigenvalue weighted by molar-refractivity contribution is 7.63. The van der Waals surface area contributed by atoms with Gasteiger partial charge in [-0.25, -0.2) is 33.4 Å². The van der Waals surface area contributed by atoms with Crippen molar-refractivity contribution < 1.29 is 70.7 Å². The van der Waals surface area contributed by atoms with E-state index in [9.17, 15) is 43.4 Å². The molecule has 2 fully saturated rings. The first-order chi connectivity index (χ1) is 23.9. The summed E-state index contributed by atoms with van der Waals surface area (Å²) < 4.78 is 76.5.